The molecule has 0 fully saturated rings. The van der Waals surface area contributed by atoms with Crippen molar-refractivity contribution in [3.8, 4) is 0 Å². The van der Waals surface area contributed by atoms with Crippen LogP contribution in [0.25, 0.3) is 0 Å². The molecule has 6 heteroatoms. The van der Waals surface area contributed by atoms with Crippen molar-refractivity contribution in [3.05, 3.63) is 0 Å². The van der Waals surface area contributed by atoms with E-state index < -0.39 is 23.7 Å². The highest BCUT2D eigenvalue weighted by Crippen LogP contribution is 2.26. The van der Waals surface area contributed by atoms with E-state index in [2.05, 4.69) is 12.2 Å². The van der Waals surface area contributed by atoms with Crippen LogP contribution in [-0.2, 0) is 4.74 Å². The number of nitrogens with two attached hydrogens (primary N) is 1. The van der Waals surface area contributed by atoms with E-state index in [9.17, 15) is 13.2 Å². The van der Waals surface area contributed by atoms with E-state index in [0.717, 1.165) is 12.8 Å². The minimum Gasteiger partial charge on any atom is -0.393 e. The third-order valence-corrected chi connectivity index (χ3v) is 1.95. The molecule has 2 nitrogen and oxygen atoms in total. The molecule has 0 aliphatic carbocycles. The number of thiocarbonyl (C=S) groups is 1. The lowest BCUT2D eigenvalue weighted by atomic mass is 10.1. The lowest BCUT2D eigenvalue weighted by molar-refractivity contribution is -0.167. The van der Waals surface area contributed by atoms with Crippen LogP contribution in [0.2, 0.25) is 0 Å². The fourth-order valence-corrected chi connectivity index (χ4v) is 0.987. The summed E-state index contributed by atoms with van der Waals surface area (Å²) in [5.41, 5.74) is 4.97. The van der Waals surface area contributed by atoms with Crippen molar-refractivity contribution in [3.63, 3.8) is 0 Å². The molecule has 0 bridgehead atoms. The smallest absolute Gasteiger partial charge is 0.393 e. The standard InChI is InChI=1S/C8H14F3NOS/c1-2-3-4-13-5-6(7(12)14)8(9,10)11/h6H,2-5H2,1H3,(H2,12,14). The number of alkyl halides is 3. The van der Waals surface area contributed by atoms with Crippen LogP contribution in [-0.4, -0.2) is 24.4 Å². The summed E-state index contributed by atoms with van der Waals surface area (Å²) in [5, 5.41) is 0. The monoisotopic (exact) mass is 229 g/mol. The van der Waals surface area contributed by atoms with Crippen LogP contribution in [0.15, 0.2) is 0 Å². The van der Waals surface area contributed by atoms with Gasteiger partial charge in [-0.15, -0.1) is 0 Å². The number of halogens is 3. The summed E-state index contributed by atoms with van der Waals surface area (Å²) in [7, 11) is 0. The van der Waals surface area contributed by atoms with Gasteiger partial charge in [0, 0.05) is 6.61 Å². The Balaban J connectivity index is 3.94. The first-order chi connectivity index (χ1) is 6.39. The van der Waals surface area contributed by atoms with Crippen LogP contribution in [0.4, 0.5) is 13.2 Å². The lowest BCUT2D eigenvalue weighted by Crippen LogP contribution is -2.37. The number of unbranched alkanes of at least 4 members (excludes halogenated alkanes) is 1. The van der Waals surface area contributed by atoms with Gasteiger partial charge in [0.1, 0.15) is 5.92 Å². The summed E-state index contributed by atoms with van der Waals surface area (Å²) in [4.78, 5) is -0.561. The van der Waals surface area contributed by atoms with Crippen molar-refractivity contribution < 1.29 is 17.9 Å². The number of hydrogen-bond acceptors (Lipinski definition) is 2. The number of ether oxygens (including phenoxy) is 1. The molecule has 1 atom stereocenters. The zero-order valence-electron chi connectivity index (χ0n) is 7.93. The first-order valence-electron chi connectivity index (χ1n) is 4.33. The average Bonchev–Trinajstić information content (AvgIpc) is 2.01. The summed E-state index contributed by atoms with van der Waals surface area (Å²) in [6, 6.07) is 0. The van der Waals surface area contributed by atoms with Crippen LogP contribution in [0.1, 0.15) is 19.8 Å². The average molecular weight is 229 g/mol. The minimum absolute atomic E-state index is 0.311. The lowest BCUT2D eigenvalue weighted by Gasteiger charge is -2.18. The van der Waals surface area contributed by atoms with E-state index in [1.807, 2.05) is 6.92 Å². The third-order valence-electron chi connectivity index (χ3n) is 1.67. The quantitative estimate of drug-likeness (QED) is 0.560. The van der Waals surface area contributed by atoms with E-state index >= 15 is 0 Å². The zero-order valence-corrected chi connectivity index (χ0v) is 8.75. The Hall–Kier alpha value is -0.360. The fourth-order valence-electron chi connectivity index (χ4n) is 0.786. The predicted octanol–water partition coefficient (Wildman–Crippen LogP) is 2.27. The topological polar surface area (TPSA) is 35.2 Å². The molecule has 1 unspecified atom stereocenters. The van der Waals surface area contributed by atoms with Gasteiger partial charge in [0.15, 0.2) is 0 Å². The molecule has 0 saturated carbocycles. The van der Waals surface area contributed by atoms with Gasteiger partial charge in [-0.2, -0.15) is 13.2 Å². The molecule has 0 radical (unpaired) electrons. The highest BCUT2D eigenvalue weighted by molar-refractivity contribution is 7.80. The number of hydrogen-bond donors (Lipinski definition) is 1. The molecule has 0 aromatic heterocycles. The first-order valence-corrected chi connectivity index (χ1v) is 4.74. The van der Waals surface area contributed by atoms with Gasteiger partial charge in [-0.05, 0) is 6.42 Å². The Labute approximate surface area is 86.6 Å². The molecular weight excluding hydrogens is 215 g/mol. The Morgan fingerprint density at radius 3 is 2.43 bits per heavy atom. The van der Waals surface area contributed by atoms with Crippen LogP contribution in [0, 0.1) is 5.92 Å². The van der Waals surface area contributed by atoms with E-state index in [-0.39, 0.29) is 0 Å². The van der Waals surface area contributed by atoms with Gasteiger partial charge < -0.3 is 10.5 Å². The molecule has 14 heavy (non-hydrogen) atoms. The normalized spacial score (nSPS) is 14.0. The Morgan fingerprint density at radius 1 is 1.50 bits per heavy atom. The molecule has 0 aromatic rings. The van der Waals surface area contributed by atoms with Gasteiger partial charge in [0.2, 0.25) is 0 Å². The largest absolute Gasteiger partial charge is 0.400 e. The molecule has 0 amide bonds. The molecule has 0 spiro atoms. The maximum absolute atomic E-state index is 12.2. The molecule has 0 saturated heterocycles. The molecule has 84 valence electrons. The van der Waals surface area contributed by atoms with Crippen LogP contribution in [0.5, 0.6) is 0 Å². The van der Waals surface area contributed by atoms with Crippen molar-refractivity contribution in [2.75, 3.05) is 13.2 Å². The van der Waals surface area contributed by atoms with Gasteiger partial charge >= 0.3 is 6.18 Å². The van der Waals surface area contributed by atoms with Gasteiger partial charge in [-0.3, -0.25) is 0 Å². The Bertz CT molecular complexity index is 184. The first kappa shape index (κ1) is 13.6. The highest BCUT2D eigenvalue weighted by atomic mass is 32.1. The number of rotatable bonds is 6. The second-order valence-corrected chi connectivity index (χ2v) is 3.40. The summed E-state index contributed by atoms with van der Waals surface area (Å²) in [6.45, 7) is 1.77. The second kappa shape index (κ2) is 6.19. The van der Waals surface area contributed by atoms with Crippen molar-refractivity contribution in [2.45, 2.75) is 25.9 Å². The van der Waals surface area contributed by atoms with E-state index in [4.69, 9.17) is 10.5 Å². The van der Waals surface area contributed by atoms with Crippen molar-refractivity contribution in [1.82, 2.24) is 0 Å². The van der Waals surface area contributed by atoms with Gasteiger partial charge in [-0.1, -0.05) is 25.6 Å². The van der Waals surface area contributed by atoms with Crippen molar-refractivity contribution in [2.24, 2.45) is 11.7 Å². The maximum atomic E-state index is 12.2. The second-order valence-electron chi connectivity index (χ2n) is 2.93. The van der Waals surface area contributed by atoms with Crippen LogP contribution in [0.3, 0.4) is 0 Å². The fraction of sp³-hybridized carbons (Fsp3) is 0.875. The predicted molar refractivity (Wildman–Crippen MR) is 52.1 cm³/mol. The zero-order chi connectivity index (χ0) is 11.2. The van der Waals surface area contributed by atoms with Crippen LogP contribution < -0.4 is 5.73 Å². The van der Waals surface area contributed by atoms with E-state index in [1.165, 1.54) is 0 Å². The van der Waals surface area contributed by atoms with Crippen molar-refractivity contribution in [1.29, 1.82) is 0 Å². The van der Waals surface area contributed by atoms with Gasteiger partial charge in [0.05, 0.1) is 11.6 Å². The van der Waals surface area contributed by atoms with E-state index in [0.29, 0.717) is 6.61 Å². The Morgan fingerprint density at radius 2 is 2.07 bits per heavy atom. The summed E-state index contributed by atoms with van der Waals surface area (Å²) >= 11 is 4.32. The maximum Gasteiger partial charge on any atom is 0.400 e. The van der Waals surface area contributed by atoms with Gasteiger partial charge in [-0.25, -0.2) is 0 Å². The van der Waals surface area contributed by atoms with Crippen LogP contribution >= 0.6 is 12.2 Å². The summed E-state index contributed by atoms with van der Waals surface area (Å²) in [6.07, 6.45) is -2.79. The molecule has 0 aromatic carbocycles. The van der Waals surface area contributed by atoms with Gasteiger partial charge in [0.25, 0.3) is 0 Å². The molecule has 0 aliphatic heterocycles. The highest BCUT2D eigenvalue weighted by Gasteiger charge is 2.41. The molecule has 0 aliphatic rings. The Kier molecular flexibility index (Phi) is 6.03. The third kappa shape index (κ3) is 5.39. The molecule has 2 N–H and O–H groups in total. The van der Waals surface area contributed by atoms with E-state index in [1.54, 1.807) is 0 Å². The van der Waals surface area contributed by atoms with Crippen molar-refractivity contribution >= 4 is 17.2 Å². The summed E-state index contributed by atoms with van der Waals surface area (Å²) in [5.74, 6) is -1.82. The molecule has 0 heterocycles. The SMILES string of the molecule is CCCCOCC(C(N)=S)C(F)(F)F. The molecular formula is C8H14F3NOS. The minimum atomic E-state index is -4.40. The summed E-state index contributed by atoms with van der Waals surface area (Å²) < 4.78 is 41.5. The molecule has 0 rings (SSSR count).